The van der Waals surface area contributed by atoms with E-state index in [0.29, 0.717) is 33.0 Å². The molecule has 1 N–H and O–H groups in total. The fraction of sp³-hybridized carbons (Fsp3) is 0.278. The first kappa shape index (κ1) is 16.4. The van der Waals surface area contributed by atoms with Crippen LogP contribution in [0.2, 0.25) is 0 Å². The summed E-state index contributed by atoms with van der Waals surface area (Å²) in [5.74, 6) is 0.496. The number of fused-ring (bicyclic) bond motifs is 1. The minimum absolute atomic E-state index is 0.102. The Bertz CT molecular complexity index is 958. The molecule has 0 fully saturated rings. The lowest BCUT2D eigenvalue weighted by Gasteiger charge is -2.04. The van der Waals surface area contributed by atoms with E-state index in [1.807, 2.05) is 37.3 Å². The number of thiophene rings is 1. The van der Waals surface area contributed by atoms with E-state index in [2.05, 4.69) is 10.3 Å². The third-order valence-corrected chi connectivity index (χ3v) is 5.33. The van der Waals surface area contributed by atoms with Crippen LogP contribution in [0, 0.1) is 13.8 Å². The second kappa shape index (κ2) is 6.57. The fourth-order valence-corrected chi connectivity index (χ4v) is 3.76. The highest BCUT2D eigenvalue weighted by Gasteiger charge is 2.19. The number of amides is 1. The predicted octanol–water partition coefficient (Wildman–Crippen LogP) is 2.58. The zero-order chi connectivity index (χ0) is 17.3. The molecule has 0 aliphatic heterocycles. The summed E-state index contributed by atoms with van der Waals surface area (Å²) < 4.78 is 1.51. The summed E-state index contributed by atoms with van der Waals surface area (Å²) in [6, 6.07) is 10.0. The van der Waals surface area contributed by atoms with Crippen LogP contribution in [0.5, 0.6) is 0 Å². The number of rotatable bonds is 4. The van der Waals surface area contributed by atoms with Crippen molar-refractivity contribution in [3.05, 3.63) is 62.5 Å². The van der Waals surface area contributed by atoms with Crippen LogP contribution in [0.3, 0.4) is 0 Å². The third-order valence-electron chi connectivity index (χ3n) is 4.14. The Morgan fingerprint density at radius 2 is 1.96 bits per heavy atom. The highest BCUT2D eigenvalue weighted by molar-refractivity contribution is 7.20. The van der Waals surface area contributed by atoms with Crippen molar-refractivity contribution in [3.63, 3.8) is 0 Å². The van der Waals surface area contributed by atoms with E-state index in [-0.39, 0.29) is 11.5 Å². The van der Waals surface area contributed by atoms with E-state index in [4.69, 9.17) is 0 Å². The number of hydrogen-bond acceptors (Lipinski definition) is 4. The van der Waals surface area contributed by atoms with Crippen LogP contribution in [0.25, 0.3) is 10.2 Å². The molecule has 1 amide bonds. The molecule has 3 aromatic rings. The first-order valence-electron chi connectivity index (χ1n) is 7.78. The maximum atomic E-state index is 12.5. The van der Waals surface area contributed by atoms with E-state index in [1.165, 1.54) is 21.5 Å². The molecule has 0 aliphatic rings. The molecule has 5 nitrogen and oxygen atoms in total. The number of aryl methyl sites for hydroxylation is 2. The SMILES string of the molecule is Cc1c(C(=O)NCCc2ccccc2)sc2nc(C)n(C)c(=O)c12. The molecule has 0 spiro atoms. The van der Waals surface area contributed by atoms with Crippen LogP contribution in [-0.2, 0) is 13.5 Å². The molecule has 0 unspecified atom stereocenters. The van der Waals surface area contributed by atoms with Gasteiger partial charge in [-0.3, -0.25) is 14.2 Å². The van der Waals surface area contributed by atoms with Crippen LogP contribution in [0.4, 0.5) is 0 Å². The van der Waals surface area contributed by atoms with Crippen molar-refractivity contribution in [2.24, 2.45) is 7.05 Å². The maximum absolute atomic E-state index is 12.5. The zero-order valence-corrected chi connectivity index (χ0v) is 14.7. The van der Waals surface area contributed by atoms with Gasteiger partial charge >= 0.3 is 0 Å². The second-order valence-electron chi connectivity index (χ2n) is 5.75. The largest absolute Gasteiger partial charge is 0.351 e. The summed E-state index contributed by atoms with van der Waals surface area (Å²) in [4.78, 5) is 30.5. The number of aromatic nitrogens is 2. The molecule has 0 aliphatic carbocycles. The normalized spacial score (nSPS) is 11.0. The van der Waals surface area contributed by atoms with Gasteiger partial charge in [0, 0.05) is 13.6 Å². The summed E-state index contributed by atoms with van der Waals surface area (Å²) in [6.07, 6.45) is 0.773. The Balaban J connectivity index is 1.81. The van der Waals surface area contributed by atoms with E-state index in [9.17, 15) is 9.59 Å². The standard InChI is InChI=1S/C18H19N3O2S/c1-11-14-17(20-12(2)21(3)18(14)23)24-15(11)16(22)19-10-9-13-7-5-4-6-8-13/h4-8H,9-10H2,1-3H3,(H,19,22). The second-order valence-corrected chi connectivity index (χ2v) is 6.75. The van der Waals surface area contributed by atoms with Crippen LogP contribution >= 0.6 is 11.3 Å². The Morgan fingerprint density at radius 1 is 1.25 bits per heavy atom. The van der Waals surface area contributed by atoms with E-state index >= 15 is 0 Å². The Morgan fingerprint density at radius 3 is 2.67 bits per heavy atom. The minimum atomic E-state index is -0.147. The quantitative estimate of drug-likeness (QED) is 0.793. The molecule has 0 bridgehead atoms. The van der Waals surface area contributed by atoms with Crippen LogP contribution < -0.4 is 10.9 Å². The average molecular weight is 341 g/mol. The Labute approximate surface area is 144 Å². The lowest BCUT2D eigenvalue weighted by Crippen LogP contribution is -2.25. The minimum Gasteiger partial charge on any atom is -0.351 e. The summed E-state index contributed by atoms with van der Waals surface area (Å²) in [6.45, 7) is 4.15. The predicted molar refractivity (Wildman–Crippen MR) is 96.8 cm³/mol. The highest BCUT2D eigenvalue weighted by atomic mass is 32.1. The lowest BCUT2D eigenvalue weighted by molar-refractivity contribution is 0.0957. The molecule has 124 valence electrons. The van der Waals surface area contributed by atoms with E-state index in [0.717, 1.165) is 6.42 Å². The van der Waals surface area contributed by atoms with Crippen molar-refractivity contribution in [2.45, 2.75) is 20.3 Å². The lowest BCUT2D eigenvalue weighted by atomic mass is 10.1. The van der Waals surface area contributed by atoms with Crippen LogP contribution in [-0.4, -0.2) is 22.0 Å². The van der Waals surface area contributed by atoms with Crippen molar-refractivity contribution < 1.29 is 4.79 Å². The van der Waals surface area contributed by atoms with Crippen molar-refractivity contribution in [3.8, 4) is 0 Å². The van der Waals surface area contributed by atoms with Crippen LogP contribution in [0.15, 0.2) is 35.1 Å². The van der Waals surface area contributed by atoms with Gasteiger partial charge in [-0.05, 0) is 31.4 Å². The van der Waals surface area contributed by atoms with E-state index in [1.54, 1.807) is 14.0 Å². The number of carbonyl (C=O) groups is 1. The van der Waals surface area contributed by atoms with Crippen molar-refractivity contribution in [1.82, 2.24) is 14.9 Å². The molecular weight excluding hydrogens is 322 g/mol. The van der Waals surface area contributed by atoms with Gasteiger partial charge in [-0.2, -0.15) is 0 Å². The summed E-state index contributed by atoms with van der Waals surface area (Å²) in [5.41, 5.74) is 1.78. The molecule has 3 rings (SSSR count). The molecule has 6 heteroatoms. The molecule has 0 atom stereocenters. The van der Waals surface area contributed by atoms with Gasteiger partial charge in [-0.1, -0.05) is 30.3 Å². The number of benzene rings is 1. The number of carbonyl (C=O) groups excluding carboxylic acids is 1. The van der Waals surface area contributed by atoms with Crippen molar-refractivity contribution in [1.29, 1.82) is 0 Å². The molecule has 1 aromatic carbocycles. The fourth-order valence-electron chi connectivity index (χ4n) is 2.63. The Hall–Kier alpha value is -2.47. The summed E-state index contributed by atoms with van der Waals surface area (Å²) in [5, 5.41) is 3.48. The zero-order valence-electron chi connectivity index (χ0n) is 13.9. The molecular formula is C18H19N3O2S. The van der Waals surface area contributed by atoms with Gasteiger partial charge in [0.1, 0.15) is 10.7 Å². The number of nitrogens with one attached hydrogen (secondary N) is 1. The Kier molecular flexibility index (Phi) is 4.49. The van der Waals surface area contributed by atoms with Gasteiger partial charge in [0.25, 0.3) is 11.5 Å². The average Bonchev–Trinajstić information content (AvgIpc) is 2.90. The molecule has 0 radical (unpaired) electrons. The molecule has 0 saturated carbocycles. The summed E-state index contributed by atoms with van der Waals surface area (Å²) >= 11 is 1.28. The molecule has 2 heterocycles. The molecule has 0 saturated heterocycles. The van der Waals surface area contributed by atoms with Crippen molar-refractivity contribution >= 4 is 27.5 Å². The van der Waals surface area contributed by atoms with Gasteiger partial charge in [0.2, 0.25) is 0 Å². The number of nitrogens with zero attached hydrogens (tertiary/aromatic N) is 2. The monoisotopic (exact) mass is 341 g/mol. The van der Waals surface area contributed by atoms with Crippen molar-refractivity contribution in [2.75, 3.05) is 6.54 Å². The maximum Gasteiger partial charge on any atom is 0.262 e. The smallest absolute Gasteiger partial charge is 0.262 e. The van der Waals surface area contributed by atoms with Gasteiger partial charge in [-0.25, -0.2) is 4.98 Å². The molecule has 24 heavy (non-hydrogen) atoms. The van der Waals surface area contributed by atoms with Gasteiger partial charge in [-0.15, -0.1) is 11.3 Å². The van der Waals surface area contributed by atoms with Gasteiger partial charge < -0.3 is 5.32 Å². The third kappa shape index (κ3) is 2.97. The van der Waals surface area contributed by atoms with Crippen LogP contribution in [0.1, 0.15) is 26.6 Å². The molecule has 2 aromatic heterocycles. The highest BCUT2D eigenvalue weighted by Crippen LogP contribution is 2.27. The number of hydrogen-bond donors (Lipinski definition) is 1. The van der Waals surface area contributed by atoms with Gasteiger partial charge in [0.05, 0.1) is 10.3 Å². The first-order valence-corrected chi connectivity index (χ1v) is 8.59. The summed E-state index contributed by atoms with van der Waals surface area (Å²) in [7, 11) is 1.70. The van der Waals surface area contributed by atoms with Gasteiger partial charge in [0.15, 0.2) is 0 Å². The van der Waals surface area contributed by atoms with E-state index < -0.39 is 0 Å². The first-order chi connectivity index (χ1) is 11.5. The topological polar surface area (TPSA) is 64.0 Å².